The number of hydrogen-bond acceptors (Lipinski definition) is 4. The molecule has 0 saturated heterocycles. The fourth-order valence-electron chi connectivity index (χ4n) is 2.92. The highest BCUT2D eigenvalue weighted by Crippen LogP contribution is 2.39. The Morgan fingerprint density at radius 1 is 0.920 bits per heavy atom. The summed E-state index contributed by atoms with van der Waals surface area (Å²) < 4.78 is 0. The highest BCUT2D eigenvalue weighted by atomic mass is 32.2. The van der Waals surface area contributed by atoms with E-state index in [1.54, 1.807) is 23.9 Å². The monoisotopic (exact) mass is 348 g/mol. The van der Waals surface area contributed by atoms with Gasteiger partial charge in [0.25, 0.3) is 0 Å². The number of para-hydroxylation sites is 2. The van der Waals surface area contributed by atoms with E-state index in [9.17, 15) is 5.21 Å². The van der Waals surface area contributed by atoms with Crippen molar-refractivity contribution in [2.24, 2.45) is 0 Å². The molecule has 25 heavy (non-hydrogen) atoms. The molecule has 1 aromatic heterocycles. The Labute approximate surface area is 149 Å². The molecule has 0 aliphatic heterocycles. The number of pyridine rings is 1. The van der Waals surface area contributed by atoms with E-state index in [-0.39, 0.29) is 0 Å². The zero-order chi connectivity index (χ0) is 17.4. The average molecular weight is 348 g/mol. The van der Waals surface area contributed by atoms with Gasteiger partial charge in [0.05, 0.1) is 11.0 Å². The first kappa shape index (κ1) is 16.1. The first-order valence-corrected chi connectivity index (χ1v) is 8.74. The van der Waals surface area contributed by atoms with E-state index in [2.05, 4.69) is 12.1 Å². The Morgan fingerprint density at radius 3 is 2.08 bits per heavy atom. The van der Waals surface area contributed by atoms with Crippen LogP contribution >= 0.6 is 11.8 Å². The van der Waals surface area contributed by atoms with Crippen molar-refractivity contribution in [2.75, 3.05) is 0 Å². The molecule has 0 amide bonds. The lowest BCUT2D eigenvalue weighted by molar-refractivity contribution is -0.991. The van der Waals surface area contributed by atoms with Crippen LogP contribution in [-0.4, -0.2) is 10.2 Å². The van der Waals surface area contributed by atoms with Crippen LogP contribution in [0, 0.1) is 12.1 Å². The van der Waals surface area contributed by atoms with E-state index in [1.807, 2.05) is 49.4 Å². The number of hydrogen-bond donors (Lipinski definition) is 2. The van der Waals surface area contributed by atoms with Crippen molar-refractivity contribution in [3.63, 3.8) is 0 Å². The predicted octanol–water partition coefficient (Wildman–Crippen LogP) is 4.25. The zero-order valence-electron chi connectivity index (χ0n) is 13.6. The molecule has 1 unspecified atom stereocenters. The SMILES string of the molecule is Cc1cc([NH+]([O-])O)ccc1Sc1c2ccccc2nc2ccccc12. The Morgan fingerprint density at radius 2 is 1.52 bits per heavy atom. The van der Waals surface area contributed by atoms with Crippen LogP contribution in [0.4, 0.5) is 5.69 Å². The first-order chi connectivity index (χ1) is 12.1. The number of aromatic nitrogens is 1. The van der Waals surface area contributed by atoms with E-state index in [0.29, 0.717) is 5.69 Å². The van der Waals surface area contributed by atoms with Crippen LogP contribution in [0.1, 0.15) is 5.56 Å². The molecule has 4 nitrogen and oxygen atoms in total. The number of aryl methyl sites for hydroxylation is 1. The Bertz CT molecular complexity index is 1030. The molecule has 1 atom stereocenters. The van der Waals surface area contributed by atoms with Gasteiger partial charge >= 0.3 is 0 Å². The number of benzene rings is 3. The van der Waals surface area contributed by atoms with Crippen LogP contribution in [-0.2, 0) is 0 Å². The van der Waals surface area contributed by atoms with E-state index >= 15 is 0 Å². The van der Waals surface area contributed by atoms with Crippen LogP contribution in [0.2, 0.25) is 0 Å². The Balaban J connectivity index is 1.90. The minimum atomic E-state index is -0.903. The lowest BCUT2D eigenvalue weighted by atomic mass is 10.1. The van der Waals surface area contributed by atoms with Crippen molar-refractivity contribution >= 4 is 39.3 Å². The maximum Gasteiger partial charge on any atom is 0.164 e. The highest BCUT2D eigenvalue weighted by Gasteiger charge is 2.12. The summed E-state index contributed by atoms with van der Waals surface area (Å²) in [6.45, 7) is 1.94. The van der Waals surface area contributed by atoms with Crippen molar-refractivity contribution in [3.8, 4) is 0 Å². The third-order valence-electron chi connectivity index (χ3n) is 4.17. The molecule has 124 valence electrons. The van der Waals surface area contributed by atoms with Gasteiger partial charge in [-0.15, -0.1) is 0 Å². The van der Waals surface area contributed by atoms with Crippen molar-refractivity contribution in [1.29, 1.82) is 0 Å². The molecule has 2 N–H and O–H groups in total. The summed E-state index contributed by atoms with van der Waals surface area (Å²) in [6.07, 6.45) is 0. The molecule has 3 aromatic carbocycles. The molecular formula is C20H16N2O2S. The standard InChI is InChI=1S/C20H16N2O2S/c1-13-12-14(22(23)24)10-11-19(13)25-20-15-6-2-4-8-17(15)21-18-9-5-3-7-16(18)20/h2-12,22-23H,1H3. The molecule has 0 radical (unpaired) electrons. The fourth-order valence-corrected chi connectivity index (χ4v) is 4.06. The van der Waals surface area contributed by atoms with Crippen molar-refractivity contribution in [1.82, 2.24) is 4.98 Å². The second-order valence-electron chi connectivity index (χ2n) is 5.86. The highest BCUT2D eigenvalue weighted by molar-refractivity contribution is 7.99. The molecule has 0 saturated carbocycles. The molecule has 4 rings (SSSR count). The average Bonchev–Trinajstić information content (AvgIpc) is 2.62. The van der Waals surface area contributed by atoms with E-state index in [0.717, 1.165) is 37.2 Å². The summed E-state index contributed by atoms with van der Waals surface area (Å²) >= 11 is 1.66. The molecule has 0 spiro atoms. The molecule has 0 fully saturated rings. The Kier molecular flexibility index (Phi) is 4.15. The third-order valence-corrected chi connectivity index (χ3v) is 5.49. The normalized spacial score (nSPS) is 12.6. The summed E-state index contributed by atoms with van der Waals surface area (Å²) in [5, 5.41) is 21.6. The van der Waals surface area contributed by atoms with Gasteiger partial charge in [-0.2, -0.15) is 5.23 Å². The number of rotatable bonds is 3. The third kappa shape index (κ3) is 2.99. The summed E-state index contributed by atoms with van der Waals surface area (Å²) in [4.78, 5) is 6.94. The molecule has 5 heteroatoms. The number of fused-ring (bicyclic) bond motifs is 2. The molecule has 4 aromatic rings. The molecule has 0 aliphatic carbocycles. The lowest BCUT2D eigenvalue weighted by Gasteiger charge is -2.15. The number of nitrogens with one attached hydrogen (secondary N) is 1. The summed E-state index contributed by atoms with van der Waals surface area (Å²) in [6, 6.07) is 21.5. The van der Waals surface area contributed by atoms with Crippen LogP contribution in [0.3, 0.4) is 0 Å². The van der Waals surface area contributed by atoms with Gasteiger partial charge in [-0.05, 0) is 30.7 Å². The molecule has 1 heterocycles. The van der Waals surface area contributed by atoms with Gasteiger partial charge in [-0.1, -0.05) is 48.2 Å². The number of nitrogens with zero attached hydrogens (tertiary/aromatic N) is 1. The summed E-state index contributed by atoms with van der Waals surface area (Å²) in [7, 11) is 0. The van der Waals surface area contributed by atoms with Gasteiger partial charge in [0, 0.05) is 32.7 Å². The quantitative estimate of drug-likeness (QED) is 0.429. The number of quaternary nitrogens is 1. The van der Waals surface area contributed by atoms with Crippen molar-refractivity contribution < 1.29 is 10.4 Å². The maximum absolute atomic E-state index is 11.2. The first-order valence-electron chi connectivity index (χ1n) is 7.93. The molecular weight excluding hydrogens is 332 g/mol. The minimum Gasteiger partial charge on any atom is -0.595 e. The summed E-state index contributed by atoms with van der Waals surface area (Å²) in [5.41, 5.74) is 3.19. The second-order valence-corrected chi connectivity index (χ2v) is 6.91. The van der Waals surface area contributed by atoms with Crippen LogP contribution in [0.5, 0.6) is 0 Å². The topological polar surface area (TPSA) is 60.6 Å². The van der Waals surface area contributed by atoms with E-state index < -0.39 is 5.23 Å². The lowest BCUT2D eigenvalue weighted by Crippen LogP contribution is -2.99. The van der Waals surface area contributed by atoms with Crippen LogP contribution in [0.15, 0.2) is 76.5 Å². The smallest absolute Gasteiger partial charge is 0.164 e. The van der Waals surface area contributed by atoms with Crippen LogP contribution < -0.4 is 5.23 Å². The largest absolute Gasteiger partial charge is 0.595 e. The van der Waals surface area contributed by atoms with Gasteiger partial charge in [-0.25, -0.2) is 10.2 Å². The van der Waals surface area contributed by atoms with Gasteiger partial charge in [0.1, 0.15) is 0 Å². The molecule has 0 bridgehead atoms. The van der Waals surface area contributed by atoms with Gasteiger partial charge in [0.2, 0.25) is 0 Å². The van der Waals surface area contributed by atoms with Gasteiger partial charge in [0.15, 0.2) is 5.69 Å². The predicted molar refractivity (Wildman–Crippen MR) is 100 cm³/mol. The van der Waals surface area contributed by atoms with Gasteiger partial charge < -0.3 is 5.21 Å². The molecule has 0 aliphatic rings. The van der Waals surface area contributed by atoms with E-state index in [1.165, 1.54) is 0 Å². The maximum atomic E-state index is 11.2. The summed E-state index contributed by atoms with van der Waals surface area (Å²) in [5.74, 6) is 0. The van der Waals surface area contributed by atoms with Crippen molar-refractivity contribution in [2.45, 2.75) is 16.7 Å². The fraction of sp³-hybridized carbons (Fsp3) is 0.0500. The minimum absolute atomic E-state index is 0.311. The van der Waals surface area contributed by atoms with Crippen LogP contribution in [0.25, 0.3) is 21.8 Å². The van der Waals surface area contributed by atoms with Crippen molar-refractivity contribution in [3.05, 3.63) is 77.5 Å². The zero-order valence-corrected chi connectivity index (χ0v) is 14.4. The van der Waals surface area contributed by atoms with E-state index in [4.69, 9.17) is 10.2 Å². The second kappa shape index (κ2) is 6.46. The Hall–Kier alpha value is -2.44. The van der Waals surface area contributed by atoms with Gasteiger partial charge in [-0.3, -0.25) is 0 Å².